The zero-order chi connectivity index (χ0) is 17.5. The van der Waals surface area contributed by atoms with Gasteiger partial charge in [0.15, 0.2) is 8.32 Å². The predicted octanol–water partition coefficient (Wildman–Crippen LogP) is 4.50. The van der Waals surface area contributed by atoms with Gasteiger partial charge in [0.2, 0.25) is 0 Å². The van der Waals surface area contributed by atoms with E-state index in [4.69, 9.17) is 8.61 Å². The molecule has 0 aliphatic rings. The maximum atomic E-state index is 12.3. The molecular weight excluding hydrogens is 328 g/mol. The summed E-state index contributed by atoms with van der Waals surface area (Å²) in [6.07, 6.45) is 0.583. The van der Waals surface area contributed by atoms with Gasteiger partial charge in [-0.15, -0.1) is 0 Å². The van der Waals surface area contributed by atoms with Gasteiger partial charge in [0, 0.05) is 0 Å². The minimum atomic E-state index is -3.72. The first-order chi connectivity index (χ1) is 10.8. The molecular formula is C17H30O4SSi. The Morgan fingerprint density at radius 3 is 1.96 bits per heavy atom. The summed E-state index contributed by atoms with van der Waals surface area (Å²) >= 11 is 0. The summed E-state index contributed by atoms with van der Waals surface area (Å²) < 4.78 is 36.1. The molecule has 0 saturated carbocycles. The lowest BCUT2D eigenvalue weighted by molar-refractivity contribution is 0.118. The zero-order valence-electron chi connectivity index (χ0n) is 15.0. The molecule has 23 heavy (non-hydrogen) atoms. The van der Waals surface area contributed by atoms with Crippen LogP contribution in [0.15, 0.2) is 29.2 Å². The fraction of sp³-hybridized carbons (Fsp3) is 0.647. The van der Waals surface area contributed by atoms with Crippen LogP contribution < -0.4 is 0 Å². The van der Waals surface area contributed by atoms with Crippen molar-refractivity contribution >= 4 is 18.4 Å². The third kappa shape index (κ3) is 5.71. The first-order valence-electron chi connectivity index (χ1n) is 8.46. The summed E-state index contributed by atoms with van der Waals surface area (Å²) in [7, 11) is -5.48. The Morgan fingerprint density at radius 1 is 1.00 bits per heavy atom. The number of benzene rings is 1. The molecule has 0 amide bonds. The summed E-state index contributed by atoms with van der Waals surface area (Å²) in [4.78, 5) is 0.197. The predicted molar refractivity (Wildman–Crippen MR) is 96.7 cm³/mol. The van der Waals surface area contributed by atoms with Crippen LogP contribution in [-0.4, -0.2) is 29.4 Å². The molecule has 0 fully saturated rings. The maximum absolute atomic E-state index is 12.3. The van der Waals surface area contributed by atoms with Crippen molar-refractivity contribution in [1.29, 1.82) is 0 Å². The Bertz CT molecular complexity index is 556. The van der Waals surface area contributed by atoms with Crippen molar-refractivity contribution in [1.82, 2.24) is 0 Å². The van der Waals surface area contributed by atoms with Gasteiger partial charge in [-0.25, -0.2) is 0 Å². The van der Waals surface area contributed by atoms with Crippen molar-refractivity contribution in [2.24, 2.45) is 0 Å². The average molecular weight is 359 g/mol. The molecule has 4 nitrogen and oxygen atoms in total. The zero-order valence-corrected chi connectivity index (χ0v) is 16.8. The summed E-state index contributed by atoms with van der Waals surface area (Å²) in [5, 5.41) is 0. The van der Waals surface area contributed by atoms with E-state index in [1.165, 1.54) is 0 Å². The third-order valence-corrected chi connectivity index (χ3v) is 10.5. The fourth-order valence-electron chi connectivity index (χ4n) is 2.53. The van der Waals surface area contributed by atoms with Crippen LogP contribution in [0, 0.1) is 6.92 Å². The van der Waals surface area contributed by atoms with E-state index in [0.29, 0.717) is 0 Å². The van der Waals surface area contributed by atoms with Gasteiger partial charge in [-0.05, 0) is 43.6 Å². The molecule has 0 heterocycles. The number of hydrogen-bond donors (Lipinski definition) is 0. The standard InChI is InChI=1S/C17H30O4SSi/c1-6-16(21-23(7-2,8-3)9-4)14-20-22(18,19)17-12-10-15(5)11-13-17/h10-13,16H,6-9,14H2,1-5H3. The molecule has 1 atom stereocenters. The van der Waals surface area contributed by atoms with Gasteiger partial charge in [0.1, 0.15) is 0 Å². The van der Waals surface area contributed by atoms with E-state index >= 15 is 0 Å². The second kappa shape index (κ2) is 8.96. The molecule has 1 aromatic carbocycles. The minimum absolute atomic E-state index is 0.0848. The molecule has 1 aromatic rings. The second-order valence-corrected chi connectivity index (χ2v) is 12.3. The SMILES string of the molecule is CCC(COS(=O)(=O)c1ccc(C)cc1)O[Si](CC)(CC)CC. The highest BCUT2D eigenvalue weighted by atomic mass is 32.2. The number of aryl methyl sites for hydroxylation is 1. The molecule has 1 unspecified atom stereocenters. The van der Waals surface area contributed by atoms with Crippen molar-refractivity contribution in [3.05, 3.63) is 29.8 Å². The molecule has 0 aliphatic heterocycles. The quantitative estimate of drug-likeness (QED) is 0.456. The molecule has 1 rings (SSSR count). The van der Waals surface area contributed by atoms with E-state index in [1.54, 1.807) is 24.3 Å². The van der Waals surface area contributed by atoms with E-state index in [2.05, 4.69) is 20.8 Å². The smallest absolute Gasteiger partial charge is 0.297 e. The summed E-state index contributed by atoms with van der Waals surface area (Å²) in [6.45, 7) is 10.5. The Balaban J connectivity index is 2.75. The molecule has 0 aliphatic carbocycles. The second-order valence-electron chi connectivity index (χ2n) is 5.94. The van der Waals surface area contributed by atoms with Crippen molar-refractivity contribution in [2.75, 3.05) is 6.61 Å². The number of rotatable bonds is 10. The van der Waals surface area contributed by atoms with E-state index in [0.717, 1.165) is 30.1 Å². The highest BCUT2D eigenvalue weighted by molar-refractivity contribution is 7.86. The van der Waals surface area contributed by atoms with Crippen LogP contribution in [0.5, 0.6) is 0 Å². The van der Waals surface area contributed by atoms with Crippen molar-refractivity contribution in [2.45, 2.75) is 70.2 Å². The van der Waals surface area contributed by atoms with Crippen molar-refractivity contribution in [3.8, 4) is 0 Å². The van der Waals surface area contributed by atoms with Crippen molar-refractivity contribution < 1.29 is 17.0 Å². The molecule has 0 aromatic heterocycles. The minimum Gasteiger partial charge on any atom is -0.412 e. The normalized spacial score (nSPS) is 14.0. The first kappa shape index (κ1) is 20.4. The van der Waals surface area contributed by atoms with Gasteiger partial charge in [-0.2, -0.15) is 8.42 Å². The highest BCUT2D eigenvalue weighted by Crippen LogP contribution is 2.25. The van der Waals surface area contributed by atoms with Gasteiger partial charge >= 0.3 is 0 Å². The van der Waals surface area contributed by atoms with Crippen LogP contribution in [0.1, 0.15) is 39.7 Å². The Hall–Kier alpha value is -0.693. The topological polar surface area (TPSA) is 52.6 Å². The van der Waals surface area contributed by atoms with Crippen LogP contribution in [0.2, 0.25) is 18.1 Å². The Morgan fingerprint density at radius 2 is 1.52 bits per heavy atom. The van der Waals surface area contributed by atoms with Gasteiger partial charge in [0.05, 0.1) is 17.6 Å². The summed E-state index contributed by atoms with van der Waals surface area (Å²) in [5.41, 5.74) is 1.02. The number of hydrogen-bond acceptors (Lipinski definition) is 4. The van der Waals surface area contributed by atoms with Gasteiger partial charge in [-0.1, -0.05) is 45.4 Å². The molecule has 0 bridgehead atoms. The maximum Gasteiger partial charge on any atom is 0.297 e. The Labute approximate surface area is 142 Å². The van der Waals surface area contributed by atoms with E-state index < -0.39 is 18.4 Å². The molecule has 6 heteroatoms. The van der Waals surface area contributed by atoms with Crippen molar-refractivity contribution in [3.63, 3.8) is 0 Å². The van der Waals surface area contributed by atoms with Crippen LogP contribution >= 0.6 is 0 Å². The molecule has 0 saturated heterocycles. The van der Waals surface area contributed by atoms with E-state index in [1.807, 2.05) is 13.8 Å². The average Bonchev–Trinajstić information content (AvgIpc) is 2.56. The van der Waals surface area contributed by atoms with Gasteiger partial charge in [0.25, 0.3) is 10.1 Å². The monoisotopic (exact) mass is 358 g/mol. The van der Waals surface area contributed by atoms with E-state index in [9.17, 15) is 8.42 Å². The van der Waals surface area contributed by atoms with Gasteiger partial charge in [-0.3, -0.25) is 4.18 Å². The lowest BCUT2D eigenvalue weighted by Crippen LogP contribution is -2.41. The fourth-order valence-corrected chi connectivity index (χ4v) is 6.41. The van der Waals surface area contributed by atoms with Crippen LogP contribution in [0.4, 0.5) is 0 Å². The van der Waals surface area contributed by atoms with Gasteiger partial charge < -0.3 is 4.43 Å². The summed E-state index contributed by atoms with van der Waals surface area (Å²) in [5.74, 6) is 0. The lowest BCUT2D eigenvalue weighted by Gasteiger charge is -2.32. The first-order valence-corrected chi connectivity index (χ1v) is 12.4. The summed E-state index contributed by atoms with van der Waals surface area (Å²) in [6, 6.07) is 9.83. The largest absolute Gasteiger partial charge is 0.412 e. The Kier molecular flexibility index (Phi) is 7.93. The molecule has 0 spiro atoms. The van der Waals surface area contributed by atoms with E-state index in [-0.39, 0.29) is 17.6 Å². The highest BCUT2D eigenvalue weighted by Gasteiger charge is 2.32. The third-order valence-electron chi connectivity index (χ3n) is 4.52. The van der Waals surface area contributed by atoms with Crippen LogP contribution in [0.3, 0.4) is 0 Å². The molecule has 0 radical (unpaired) electrons. The molecule has 132 valence electrons. The van der Waals surface area contributed by atoms with Crippen LogP contribution in [0.25, 0.3) is 0 Å². The van der Waals surface area contributed by atoms with Crippen LogP contribution in [-0.2, 0) is 18.7 Å². The lowest BCUT2D eigenvalue weighted by atomic mass is 10.2. The molecule has 0 N–H and O–H groups in total.